The summed E-state index contributed by atoms with van der Waals surface area (Å²) >= 11 is 0. The second-order valence-electron chi connectivity index (χ2n) is 3.47. The lowest BCUT2D eigenvalue weighted by molar-refractivity contribution is 0.588. The van der Waals surface area contributed by atoms with Crippen LogP contribution >= 0.6 is 0 Å². The van der Waals surface area contributed by atoms with Gasteiger partial charge in [-0.1, -0.05) is 0 Å². The van der Waals surface area contributed by atoms with Crippen LogP contribution in [0.4, 0.5) is 8.78 Å². The van der Waals surface area contributed by atoms with Gasteiger partial charge in [0, 0.05) is 11.8 Å². The SMILES string of the molecule is N#Cc1cc(F)c(-c2ccc(C#N)nc2)c(F)c1. The van der Waals surface area contributed by atoms with Crippen LogP contribution in [-0.4, -0.2) is 4.98 Å². The lowest BCUT2D eigenvalue weighted by Crippen LogP contribution is -1.93. The van der Waals surface area contributed by atoms with Crippen molar-refractivity contribution < 1.29 is 8.78 Å². The number of halogens is 2. The fourth-order valence-corrected chi connectivity index (χ4v) is 1.52. The number of hydrogen-bond acceptors (Lipinski definition) is 3. The maximum absolute atomic E-state index is 13.7. The molecule has 1 aromatic heterocycles. The minimum atomic E-state index is -0.835. The Morgan fingerprint density at radius 1 is 1.00 bits per heavy atom. The van der Waals surface area contributed by atoms with E-state index in [-0.39, 0.29) is 22.4 Å². The van der Waals surface area contributed by atoms with Gasteiger partial charge in [-0.15, -0.1) is 0 Å². The first-order valence-electron chi connectivity index (χ1n) is 4.91. The van der Waals surface area contributed by atoms with E-state index in [2.05, 4.69) is 4.98 Å². The second-order valence-corrected chi connectivity index (χ2v) is 3.47. The Kier molecular flexibility index (Phi) is 2.99. The molecule has 2 aromatic rings. The lowest BCUT2D eigenvalue weighted by Gasteiger charge is -2.05. The van der Waals surface area contributed by atoms with Crippen LogP contribution in [0.1, 0.15) is 11.3 Å². The molecular formula is C13H5F2N3. The van der Waals surface area contributed by atoms with Crippen LogP contribution < -0.4 is 0 Å². The van der Waals surface area contributed by atoms with Crippen molar-refractivity contribution in [2.75, 3.05) is 0 Å². The third-order valence-electron chi connectivity index (χ3n) is 2.34. The molecule has 18 heavy (non-hydrogen) atoms. The number of pyridine rings is 1. The highest BCUT2D eigenvalue weighted by Gasteiger charge is 2.13. The molecular weight excluding hydrogens is 236 g/mol. The molecule has 1 aromatic carbocycles. The van der Waals surface area contributed by atoms with Crippen LogP contribution in [0.5, 0.6) is 0 Å². The van der Waals surface area contributed by atoms with E-state index in [1.165, 1.54) is 18.3 Å². The number of nitriles is 2. The first-order chi connectivity index (χ1) is 8.65. The molecule has 3 nitrogen and oxygen atoms in total. The zero-order valence-corrected chi connectivity index (χ0v) is 8.98. The van der Waals surface area contributed by atoms with E-state index in [0.717, 1.165) is 12.1 Å². The Morgan fingerprint density at radius 3 is 2.11 bits per heavy atom. The van der Waals surface area contributed by atoms with Gasteiger partial charge in [-0.25, -0.2) is 13.8 Å². The monoisotopic (exact) mass is 241 g/mol. The van der Waals surface area contributed by atoms with E-state index >= 15 is 0 Å². The zero-order valence-electron chi connectivity index (χ0n) is 8.98. The fraction of sp³-hybridized carbons (Fsp3) is 0. The molecule has 5 heteroatoms. The molecule has 0 fully saturated rings. The molecule has 0 bridgehead atoms. The first kappa shape index (κ1) is 11.7. The summed E-state index contributed by atoms with van der Waals surface area (Å²) in [6.07, 6.45) is 1.21. The summed E-state index contributed by atoms with van der Waals surface area (Å²) in [5.41, 5.74) is 0.0306. The molecule has 0 aliphatic rings. The molecule has 0 amide bonds. The Balaban J connectivity index is 2.58. The molecule has 0 aliphatic carbocycles. The predicted octanol–water partition coefficient (Wildman–Crippen LogP) is 2.77. The molecule has 86 valence electrons. The van der Waals surface area contributed by atoms with Gasteiger partial charge in [-0.2, -0.15) is 10.5 Å². The van der Waals surface area contributed by atoms with Crippen LogP contribution in [0.3, 0.4) is 0 Å². The van der Waals surface area contributed by atoms with Gasteiger partial charge in [0.2, 0.25) is 0 Å². The van der Waals surface area contributed by atoms with E-state index < -0.39 is 11.6 Å². The molecule has 1 heterocycles. The van der Waals surface area contributed by atoms with Gasteiger partial charge < -0.3 is 0 Å². The summed E-state index contributed by atoms with van der Waals surface area (Å²) in [7, 11) is 0. The molecule has 0 spiro atoms. The third kappa shape index (κ3) is 2.02. The molecule has 0 radical (unpaired) electrons. The number of hydrogen-bond donors (Lipinski definition) is 0. The maximum Gasteiger partial charge on any atom is 0.140 e. The van der Waals surface area contributed by atoms with Crippen molar-refractivity contribution in [2.45, 2.75) is 0 Å². The van der Waals surface area contributed by atoms with Gasteiger partial charge in [0.1, 0.15) is 23.4 Å². The standard InChI is InChI=1S/C13H5F2N3/c14-11-3-8(5-16)4-12(15)13(11)9-1-2-10(6-17)18-7-9/h1-4,7H. The maximum atomic E-state index is 13.7. The Morgan fingerprint density at radius 2 is 1.67 bits per heavy atom. The van der Waals surface area contributed by atoms with Crippen molar-refractivity contribution in [3.05, 3.63) is 53.4 Å². The molecule has 0 saturated carbocycles. The van der Waals surface area contributed by atoms with Gasteiger partial charge in [0.15, 0.2) is 0 Å². The second kappa shape index (κ2) is 4.60. The van der Waals surface area contributed by atoms with Crippen molar-refractivity contribution in [3.63, 3.8) is 0 Å². The summed E-state index contributed by atoms with van der Waals surface area (Å²) in [5.74, 6) is -1.67. The van der Waals surface area contributed by atoms with Crippen LogP contribution in [0.15, 0.2) is 30.5 Å². The van der Waals surface area contributed by atoms with Crippen LogP contribution in [-0.2, 0) is 0 Å². The highest BCUT2D eigenvalue weighted by molar-refractivity contribution is 5.65. The number of rotatable bonds is 1. The molecule has 0 saturated heterocycles. The summed E-state index contributed by atoms with van der Waals surface area (Å²) < 4.78 is 27.4. The van der Waals surface area contributed by atoms with Crippen molar-refractivity contribution >= 4 is 0 Å². The minimum absolute atomic E-state index is 0.0876. The molecule has 2 rings (SSSR count). The lowest BCUT2D eigenvalue weighted by atomic mass is 10.0. The van der Waals surface area contributed by atoms with Gasteiger partial charge in [0.05, 0.1) is 17.2 Å². The highest BCUT2D eigenvalue weighted by Crippen LogP contribution is 2.26. The summed E-state index contributed by atoms with van der Waals surface area (Å²) in [5, 5.41) is 17.2. The first-order valence-corrected chi connectivity index (χ1v) is 4.91. The largest absolute Gasteiger partial charge is 0.245 e. The number of benzene rings is 1. The van der Waals surface area contributed by atoms with Crippen molar-refractivity contribution in [2.24, 2.45) is 0 Å². The van der Waals surface area contributed by atoms with Crippen LogP contribution in [0, 0.1) is 34.3 Å². The van der Waals surface area contributed by atoms with Crippen molar-refractivity contribution in [3.8, 4) is 23.3 Å². The van der Waals surface area contributed by atoms with Gasteiger partial charge >= 0.3 is 0 Å². The van der Waals surface area contributed by atoms with E-state index in [0.29, 0.717) is 0 Å². The van der Waals surface area contributed by atoms with Gasteiger partial charge in [0.25, 0.3) is 0 Å². The van der Waals surface area contributed by atoms with Crippen molar-refractivity contribution in [1.29, 1.82) is 10.5 Å². The third-order valence-corrected chi connectivity index (χ3v) is 2.34. The van der Waals surface area contributed by atoms with E-state index in [1.807, 2.05) is 6.07 Å². The minimum Gasteiger partial charge on any atom is -0.245 e. The summed E-state index contributed by atoms with van der Waals surface area (Å²) in [6.45, 7) is 0. The summed E-state index contributed by atoms with van der Waals surface area (Å²) in [4.78, 5) is 3.74. The number of nitrogens with zero attached hydrogens (tertiary/aromatic N) is 3. The van der Waals surface area contributed by atoms with Gasteiger partial charge in [-0.05, 0) is 24.3 Å². The Hall–Kier alpha value is -2.79. The summed E-state index contributed by atoms with van der Waals surface area (Å²) in [6, 6.07) is 8.16. The Labute approximate surface area is 102 Å². The molecule has 0 unspecified atom stereocenters. The average Bonchev–Trinajstić information content (AvgIpc) is 2.38. The fourth-order valence-electron chi connectivity index (χ4n) is 1.52. The normalized spacial score (nSPS) is 9.56. The van der Waals surface area contributed by atoms with E-state index in [1.54, 1.807) is 6.07 Å². The smallest absolute Gasteiger partial charge is 0.140 e. The van der Waals surface area contributed by atoms with Crippen LogP contribution in [0.2, 0.25) is 0 Å². The van der Waals surface area contributed by atoms with Gasteiger partial charge in [-0.3, -0.25) is 0 Å². The topological polar surface area (TPSA) is 60.5 Å². The predicted molar refractivity (Wildman–Crippen MR) is 59.0 cm³/mol. The van der Waals surface area contributed by atoms with Crippen molar-refractivity contribution in [1.82, 2.24) is 4.98 Å². The number of aromatic nitrogens is 1. The highest BCUT2D eigenvalue weighted by atomic mass is 19.1. The van der Waals surface area contributed by atoms with E-state index in [9.17, 15) is 8.78 Å². The average molecular weight is 241 g/mol. The molecule has 0 atom stereocenters. The molecule has 0 N–H and O–H groups in total. The molecule has 0 aliphatic heterocycles. The Bertz CT molecular complexity index is 656. The van der Waals surface area contributed by atoms with E-state index in [4.69, 9.17) is 10.5 Å². The van der Waals surface area contributed by atoms with Crippen LogP contribution in [0.25, 0.3) is 11.1 Å². The quantitative estimate of drug-likeness (QED) is 0.771. The zero-order chi connectivity index (χ0) is 13.1.